The molecule has 35 heavy (non-hydrogen) atoms. The molecule has 194 valence electrons. The van der Waals surface area contributed by atoms with Crippen LogP contribution >= 0.6 is 0 Å². The zero-order valence-corrected chi connectivity index (χ0v) is 21.2. The van der Waals surface area contributed by atoms with Crippen LogP contribution in [-0.4, -0.2) is 52.6 Å². The van der Waals surface area contributed by atoms with E-state index >= 15 is 0 Å². The Morgan fingerprint density at radius 1 is 1.14 bits per heavy atom. The van der Waals surface area contributed by atoms with Crippen LogP contribution < -0.4 is 16.8 Å². The lowest BCUT2D eigenvalue weighted by atomic mass is 10.1. The normalized spacial score (nSPS) is 13.1. The van der Waals surface area contributed by atoms with Gasteiger partial charge in [-0.2, -0.15) is 0 Å². The fourth-order valence-corrected chi connectivity index (χ4v) is 3.27. The Balaban J connectivity index is 0.000000333. The summed E-state index contributed by atoms with van der Waals surface area (Å²) in [5.41, 5.74) is 10.8. The lowest BCUT2D eigenvalue weighted by molar-refractivity contribution is -0.106. The summed E-state index contributed by atoms with van der Waals surface area (Å²) in [7, 11) is 0. The second kappa shape index (κ2) is 14.0. The number of nitrogens with one attached hydrogen (secondary N) is 1. The number of rotatable bonds is 4. The van der Waals surface area contributed by atoms with Crippen molar-refractivity contribution >= 4 is 24.1 Å². The molecule has 0 saturated carbocycles. The van der Waals surface area contributed by atoms with E-state index in [0.29, 0.717) is 16.9 Å². The third-order valence-electron chi connectivity index (χ3n) is 4.65. The van der Waals surface area contributed by atoms with Crippen molar-refractivity contribution in [2.24, 2.45) is 11.5 Å². The van der Waals surface area contributed by atoms with E-state index in [0.717, 1.165) is 25.9 Å². The van der Waals surface area contributed by atoms with Gasteiger partial charge < -0.3 is 31.0 Å². The molecule has 0 unspecified atom stereocenters. The fraction of sp³-hybridized carbons (Fsp3) is 0.480. The van der Waals surface area contributed by atoms with Crippen LogP contribution in [0.25, 0.3) is 5.69 Å². The third-order valence-corrected chi connectivity index (χ3v) is 4.65. The Kier molecular flexibility index (Phi) is 11.8. The minimum atomic E-state index is -0.515. The molecule has 0 bridgehead atoms. The van der Waals surface area contributed by atoms with Crippen LogP contribution in [0.4, 0.5) is 14.9 Å². The van der Waals surface area contributed by atoms with Gasteiger partial charge in [-0.1, -0.05) is 6.07 Å². The summed E-state index contributed by atoms with van der Waals surface area (Å²) in [5, 5.41) is 3.14. The maximum atomic E-state index is 13.2. The number of hydrogen-bond acceptors (Lipinski definition) is 5. The molecule has 0 atom stereocenters. The molecule has 1 fully saturated rings. The lowest BCUT2D eigenvalue weighted by Gasteiger charge is -2.29. The summed E-state index contributed by atoms with van der Waals surface area (Å²) in [5.74, 6) is -0.844. The van der Waals surface area contributed by atoms with Crippen molar-refractivity contribution < 1.29 is 23.5 Å². The monoisotopic (exact) mass is 491 g/mol. The van der Waals surface area contributed by atoms with Gasteiger partial charge in [-0.25, -0.2) is 9.18 Å². The first-order valence-electron chi connectivity index (χ1n) is 11.6. The van der Waals surface area contributed by atoms with Crippen LogP contribution in [-0.2, 0) is 9.53 Å². The summed E-state index contributed by atoms with van der Waals surface area (Å²) in [6.07, 6.45) is 6.88. The van der Waals surface area contributed by atoms with E-state index in [1.165, 1.54) is 18.6 Å². The van der Waals surface area contributed by atoms with Gasteiger partial charge in [0.25, 0.3) is 5.91 Å². The molecule has 0 aliphatic carbocycles. The van der Waals surface area contributed by atoms with Gasteiger partial charge in [0.1, 0.15) is 11.4 Å². The van der Waals surface area contributed by atoms with Crippen molar-refractivity contribution in [1.29, 1.82) is 0 Å². The number of ether oxygens (including phenoxy) is 1. The van der Waals surface area contributed by atoms with Crippen molar-refractivity contribution in [3.05, 3.63) is 48.0 Å². The molecule has 5 N–H and O–H groups in total. The van der Waals surface area contributed by atoms with Crippen molar-refractivity contribution in [2.45, 2.75) is 65.5 Å². The number of nitrogens with two attached hydrogens (primary N) is 2. The summed E-state index contributed by atoms with van der Waals surface area (Å²) >= 11 is 0. The van der Waals surface area contributed by atoms with Gasteiger partial charge in [-0.05, 0) is 72.1 Å². The quantitative estimate of drug-likeness (QED) is 0.555. The predicted molar refractivity (Wildman–Crippen MR) is 135 cm³/mol. The predicted octanol–water partition coefficient (Wildman–Crippen LogP) is 4.04. The zero-order chi connectivity index (χ0) is 26.6. The van der Waals surface area contributed by atoms with E-state index in [9.17, 15) is 14.0 Å². The van der Waals surface area contributed by atoms with Gasteiger partial charge in [0.2, 0.25) is 6.41 Å². The number of nitrogens with zero attached hydrogens (tertiary/aromatic N) is 2. The third kappa shape index (κ3) is 10.9. The Bertz CT molecular complexity index is 963. The van der Waals surface area contributed by atoms with Crippen LogP contribution in [0, 0.1) is 5.82 Å². The van der Waals surface area contributed by atoms with Gasteiger partial charge in [-0.15, -0.1) is 0 Å². The van der Waals surface area contributed by atoms with Crippen molar-refractivity contribution in [3.63, 3.8) is 0 Å². The van der Waals surface area contributed by atoms with Crippen molar-refractivity contribution in [2.75, 3.05) is 18.4 Å². The number of benzene rings is 1. The average molecular weight is 492 g/mol. The summed E-state index contributed by atoms with van der Waals surface area (Å²) in [6.45, 7) is 11.3. The molecule has 1 aromatic heterocycles. The Hall–Kier alpha value is -3.56. The largest absolute Gasteiger partial charge is 0.444 e. The topological polar surface area (TPSA) is 133 Å². The number of hydrogen-bond donors (Lipinski definition) is 3. The van der Waals surface area contributed by atoms with Crippen LogP contribution in [0.3, 0.4) is 0 Å². The van der Waals surface area contributed by atoms with Gasteiger partial charge in [0.15, 0.2) is 0 Å². The van der Waals surface area contributed by atoms with Gasteiger partial charge in [-0.3, -0.25) is 9.59 Å². The number of aromatic nitrogens is 1. The fourth-order valence-electron chi connectivity index (χ4n) is 3.27. The molecule has 10 heteroatoms. The van der Waals surface area contributed by atoms with E-state index in [4.69, 9.17) is 15.3 Å². The Morgan fingerprint density at radius 2 is 1.74 bits per heavy atom. The highest BCUT2D eigenvalue weighted by atomic mass is 19.1. The summed E-state index contributed by atoms with van der Waals surface area (Å²) in [4.78, 5) is 33.3. The minimum Gasteiger partial charge on any atom is -0.444 e. The molecule has 1 aliphatic rings. The molecule has 1 saturated heterocycles. The molecular formula is C25H38FN5O4. The smallest absolute Gasteiger partial charge is 0.410 e. The minimum absolute atomic E-state index is 0.160. The first-order valence-corrected chi connectivity index (χ1v) is 11.6. The number of carbonyl (C=O) groups excluding carboxylic acids is 3. The molecule has 9 nitrogen and oxygen atoms in total. The first-order chi connectivity index (χ1) is 16.4. The van der Waals surface area contributed by atoms with E-state index in [1.807, 2.05) is 34.6 Å². The zero-order valence-electron chi connectivity index (χ0n) is 21.2. The Morgan fingerprint density at radius 3 is 2.23 bits per heavy atom. The van der Waals surface area contributed by atoms with E-state index < -0.39 is 5.91 Å². The molecule has 2 heterocycles. The molecule has 3 rings (SSSR count). The van der Waals surface area contributed by atoms with Crippen molar-refractivity contribution in [1.82, 2.24) is 9.47 Å². The molecule has 0 spiro atoms. The molecular weight excluding hydrogens is 453 g/mol. The number of piperidine rings is 1. The highest BCUT2D eigenvalue weighted by Gasteiger charge is 2.23. The molecule has 1 aliphatic heterocycles. The van der Waals surface area contributed by atoms with E-state index in [1.54, 1.807) is 34.0 Å². The molecule has 2 aromatic rings. The first kappa shape index (κ1) is 29.5. The summed E-state index contributed by atoms with van der Waals surface area (Å²) in [6, 6.07) is 6.30. The van der Waals surface area contributed by atoms with E-state index in [2.05, 4.69) is 11.1 Å². The van der Waals surface area contributed by atoms with Gasteiger partial charge >= 0.3 is 6.09 Å². The number of amides is 3. The van der Waals surface area contributed by atoms with Crippen LogP contribution in [0.5, 0.6) is 0 Å². The molecule has 3 amide bonds. The summed E-state index contributed by atoms with van der Waals surface area (Å²) < 4.78 is 20.1. The maximum absolute atomic E-state index is 13.2. The second-order valence-corrected chi connectivity index (χ2v) is 9.30. The molecule has 0 radical (unpaired) electrons. The van der Waals surface area contributed by atoms with Crippen LogP contribution in [0.2, 0.25) is 0 Å². The van der Waals surface area contributed by atoms with E-state index in [-0.39, 0.29) is 30.0 Å². The van der Waals surface area contributed by atoms with Crippen LogP contribution in [0.1, 0.15) is 64.2 Å². The highest BCUT2D eigenvalue weighted by molar-refractivity contribution is 5.98. The highest BCUT2D eigenvalue weighted by Crippen LogP contribution is 2.21. The Labute approximate surface area is 206 Å². The number of likely N-dealkylation sites (tertiary alicyclic amines) is 1. The van der Waals surface area contributed by atoms with Gasteiger partial charge in [0.05, 0.1) is 11.3 Å². The average Bonchev–Trinajstić information content (AvgIpc) is 3.18. The second-order valence-electron chi connectivity index (χ2n) is 9.30. The van der Waals surface area contributed by atoms with Gasteiger partial charge in [0, 0.05) is 37.2 Å². The SMILES string of the molecule is CC(C)(C)OC(=O)N1CCCCC1.CC(C)Nc1cn(-c2cccc(F)c2)cc1C(N)=O.NC=O. The van der Waals surface area contributed by atoms with Crippen LogP contribution in [0.15, 0.2) is 36.7 Å². The lowest BCUT2D eigenvalue weighted by Crippen LogP contribution is -2.39. The number of anilines is 1. The number of primary amides is 2. The standard InChI is InChI=1S/C14H16FN3O.C10H19NO2.CH3NO/c1-9(2)17-13-8-18(7-12(13)14(16)19)11-5-3-4-10(15)6-11;1-10(2,3)13-9(12)11-7-5-4-6-8-11;2-1-3/h3-9,17H,1-2H3,(H2,16,19);4-8H2,1-3H3;1H,(H2,2,3). The van der Waals surface area contributed by atoms with Crippen molar-refractivity contribution in [3.8, 4) is 5.69 Å². The number of carbonyl (C=O) groups is 3. The number of halogens is 1. The maximum Gasteiger partial charge on any atom is 0.410 e. The molecule has 1 aromatic carbocycles.